The number of rotatable bonds is 4. The lowest BCUT2D eigenvalue weighted by Gasteiger charge is -2.16. The average Bonchev–Trinajstić information content (AvgIpc) is 3.09. The van der Waals surface area contributed by atoms with E-state index in [2.05, 4.69) is 15.4 Å². The molecule has 24 heavy (non-hydrogen) atoms. The Morgan fingerprint density at radius 3 is 2.42 bits per heavy atom. The Kier molecular flexibility index (Phi) is 4.24. The van der Waals surface area contributed by atoms with Gasteiger partial charge >= 0.3 is 6.18 Å². The second-order valence-electron chi connectivity index (χ2n) is 5.31. The molecule has 3 rings (SSSR count). The van der Waals surface area contributed by atoms with Crippen LogP contribution in [0.15, 0.2) is 60.9 Å². The highest BCUT2D eigenvalue weighted by Gasteiger charge is 2.32. The predicted octanol–water partition coefficient (Wildman–Crippen LogP) is 4.46. The van der Waals surface area contributed by atoms with Crippen molar-refractivity contribution in [3.8, 4) is 5.69 Å². The van der Waals surface area contributed by atoms with Crippen LogP contribution >= 0.6 is 0 Å². The third-order valence-corrected chi connectivity index (χ3v) is 3.57. The Bertz CT molecular complexity index is 795. The van der Waals surface area contributed by atoms with Crippen molar-refractivity contribution in [2.45, 2.75) is 19.1 Å². The number of benzene rings is 1. The lowest BCUT2D eigenvalue weighted by atomic mass is 10.1. The van der Waals surface area contributed by atoms with E-state index in [9.17, 15) is 13.2 Å². The van der Waals surface area contributed by atoms with Crippen LogP contribution in [0, 0.1) is 0 Å². The molecule has 1 unspecified atom stereocenters. The van der Waals surface area contributed by atoms with Gasteiger partial charge < -0.3 is 5.32 Å². The summed E-state index contributed by atoms with van der Waals surface area (Å²) in [5, 5.41) is 7.14. The molecule has 0 radical (unpaired) electrons. The summed E-state index contributed by atoms with van der Waals surface area (Å²) in [6.07, 6.45) is -0.924. The zero-order valence-corrected chi connectivity index (χ0v) is 12.8. The largest absolute Gasteiger partial charge is 0.433 e. The number of hydrogen-bond acceptors (Lipinski definition) is 3. The van der Waals surface area contributed by atoms with Gasteiger partial charge in [-0.15, -0.1) is 0 Å². The number of anilines is 1. The molecule has 1 aromatic carbocycles. The average molecular weight is 332 g/mol. The van der Waals surface area contributed by atoms with E-state index < -0.39 is 11.9 Å². The van der Waals surface area contributed by atoms with E-state index in [-0.39, 0.29) is 11.9 Å². The van der Waals surface area contributed by atoms with Gasteiger partial charge in [-0.2, -0.15) is 18.3 Å². The summed E-state index contributed by atoms with van der Waals surface area (Å²) in [5.74, 6) is 0.188. The first kappa shape index (κ1) is 16.0. The summed E-state index contributed by atoms with van der Waals surface area (Å²) >= 11 is 0. The second kappa shape index (κ2) is 6.35. The summed E-state index contributed by atoms with van der Waals surface area (Å²) in [5.41, 5.74) is 0.937. The molecule has 4 nitrogen and oxygen atoms in total. The van der Waals surface area contributed by atoms with Crippen LogP contribution in [-0.4, -0.2) is 14.8 Å². The third-order valence-electron chi connectivity index (χ3n) is 3.57. The standard InChI is InChI=1S/C17H15F3N4/c1-12(22-16-5-2-4-15(23-16)17(18,19)20)13-6-8-14(9-7-13)24-11-3-10-21-24/h2-12H,1H3,(H,22,23). The zero-order valence-electron chi connectivity index (χ0n) is 12.8. The highest BCUT2D eigenvalue weighted by molar-refractivity contribution is 5.41. The molecule has 124 valence electrons. The molecule has 0 fully saturated rings. The Balaban J connectivity index is 1.74. The first-order valence-corrected chi connectivity index (χ1v) is 7.34. The minimum Gasteiger partial charge on any atom is -0.364 e. The Morgan fingerprint density at radius 2 is 1.79 bits per heavy atom. The molecule has 0 spiro atoms. The molecule has 0 saturated heterocycles. The molecule has 2 aromatic heterocycles. The summed E-state index contributed by atoms with van der Waals surface area (Å²) in [4.78, 5) is 3.62. The van der Waals surface area contributed by atoms with Gasteiger partial charge in [-0.25, -0.2) is 9.67 Å². The van der Waals surface area contributed by atoms with Crippen LogP contribution in [0.25, 0.3) is 5.69 Å². The van der Waals surface area contributed by atoms with Gasteiger partial charge in [-0.05, 0) is 42.8 Å². The molecular weight excluding hydrogens is 317 g/mol. The van der Waals surface area contributed by atoms with Crippen molar-refractivity contribution in [3.63, 3.8) is 0 Å². The molecule has 1 N–H and O–H groups in total. The van der Waals surface area contributed by atoms with Crippen LogP contribution in [-0.2, 0) is 6.18 Å². The van der Waals surface area contributed by atoms with E-state index in [1.165, 1.54) is 12.1 Å². The van der Waals surface area contributed by atoms with Crippen LogP contribution in [0.5, 0.6) is 0 Å². The number of aromatic nitrogens is 3. The maximum Gasteiger partial charge on any atom is 0.433 e. The molecule has 0 aliphatic carbocycles. The van der Waals surface area contributed by atoms with Crippen molar-refractivity contribution in [1.82, 2.24) is 14.8 Å². The van der Waals surface area contributed by atoms with Gasteiger partial charge in [0.05, 0.1) is 5.69 Å². The third kappa shape index (κ3) is 3.56. The lowest BCUT2D eigenvalue weighted by Crippen LogP contribution is -2.12. The van der Waals surface area contributed by atoms with E-state index >= 15 is 0 Å². The summed E-state index contributed by atoms with van der Waals surface area (Å²) in [6.45, 7) is 1.87. The number of alkyl halides is 3. The molecule has 1 atom stereocenters. The quantitative estimate of drug-likeness (QED) is 0.767. The van der Waals surface area contributed by atoms with Crippen molar-refractivity contribution >= 4 is 5.82 Å². The van der Waals surface area contributed by atoms with Crippen molar-refractivity contribution < 1.29 is 13.2 Å². The van der Waals surface area contributed by atoms with E-state index in [4.69, 9.17) is 0 Å². The molecule has 0 amide bonds. The number of nitrogens with one attached hydrogen (secondary N) is 1. The van der Waals surface area contributed by atoms with Gasteiger partial charge in [0.25, 0.3) is 0 Å². The van der Waals surface area contributed by atoms with Gasteiger partial charge in [-0.3, -0.25) is 0 Å². The maximum absolute atomic E-state index is 12.7. The van der Waals surface area contributed by atoms with Crippen LogP contribution in [0.4, 0.5) is 19.0 Å². The fourth-order valence-electron chi connectivity index (χ4n) is 2.32. The fourth-order valence-corrected chi connectivity index (χ4v) is 2.32. The molecule has 0 aliphatic rings. The zero-order chi connectivity index (χ0) is 17.2. The van der Waals surface area contributed by atoms with Crippen LogP contribution in [0.1, 0.15) is 24.2 Å². The Morgan fingerprint density at radius 1 is 1.04 bits per heavy atom. The van der Waals surface area contributed by atoms with E-state index in [0.717, 1.165) is 17.3 Å². The highest BCUT2D eigenvalue weighted by atomic mass is 19.4. The monoisotopic (exact) mass is 332 g/mol. The first-order valence-electron chi connectivity index (χ1n) is 7.34. The number of nitrogens with zero attached hydrogens (tertiary/aromatic N) is 3. The molecular formula is C17H15F3N4. The maximum atomic E-state index is 12.7. The topological polar surface area (TPSA) is 42.7 Å². The first-order chi connectivity index (χ1) is 11.4. The van der Waals surface area contributed by atoms with Crippen LogP contribution in [0.2, 0.25) is 0 Å². The minimum absolute atomic E-state index is 0.187. The van der Waals surface area contributed by atoms with E-state index in [0.29, 0.717) is 0 Å². The van der Waals surface area contributed by atoms with Gasteiger partial charge in [0, 0.05) is 18.4 Å². The molecule has 0 saturated carbocycles. The number of hydrogen-bond donors (Lipinski definition) is 1. The van der Waals surface area contributed by atoms with Crippen molar-refractivity contribution in [2.24, 2.45) is 0 Å². The summed E-state index contributed by atoms with van der Waals surface area (Å²) < 4.78 is 39.9. The van der Waals surface area contributed by atoms with Crippen LogP contribution < -0.4 is 5.32 Å². The van der Waals surface area contributed by atoms with Gasteiger partial charge in [-0.1, -0.05) is 18.2 Å². The molecule has 7 heteroatoms. The fraction of sp³-hybridized carbons (Fsp3) is 0.176. The smallest absolute Gasteiger partial charge is 0.364 e. The normalized spacial score (nSPS) is 12.8. The number of halogens is 3. The van der Waals surface area contributed by atoms with Crippen LogP contribution in [0.3, 0.4) is 0 Å². The van der Waals surface area contributed by atoms with E-state index in [1.807, 2.05) is 43.5 Å². The second-order valence-corrected chi connectivity index (χ2v) is 5.31. The molecule has 2 heterocycles. The van der Waals surface area contributed by atoms with Gasteiger partial charge in [0.2, 0.25) is 0 Å². The minimum atomic E-state index is -4.45. The van der Waals surface area contributed by atoms with Crippen molar-refractivity contribution in [1.29, 1.82) is 0 Å². The van der Waals surface area contributed by atoms with Gasteiger partial charge in [0.15, 0.2) is 0 Å². The van der Waals surface area contributed by atoms with E-state index in [1.54, 1.807) is 10.9 Å². The molecule has 3 aromatic rings. The Labute approximate surface area is 137 Å². The summed E-state index contributed by atoms with van der Waals surface area (Å²) in [6, 6.07) is 13.1. The number of pyridine rings is 1. The molecule has 0 aliphatic heterocycles. The lowest BCUT2D eigenvalue weighted by molar-refractivity contribution is -0.141. The predicted molar refractivity (Wildman–Crippen MR) is 84.8 cm³/mol. The SMILES string of the molecule is CC(Nc1cccc(C(F)(F)F)n1)c1ccc(-n2cccn2)cc1. The Hall–Kier alpha value is -2.83. The summed E-state index contributed by atoms with van der Waals surface area (Å²) in [7, 11) is 0. The van der Waals surface area contributed by atoms with Gasteiger partial charge in [0.1, 0.15) is 11.5 Å². The van der Waals surface area contributed by atoms with Crippen molar-refractivity contribution in [2.75, 3.05) is 5.32 Å². The highest BCUT2D eigenvalue weighted by Crippen LogP contribution is 2.29. The molecule has 0 bridgehead atoms. The van der Waals surface area contributed by atoms with Crippen molar-refractivity contribution in [3.05, 3.63) is 72.2 Å².